The number of nitrogens with one attached hydrogen (secondary N) is 2. The van der Waals surface area contributed by atoms with E-state index in [0.29, 0.717) is 29.4 Å². The molecule has 27 heavy (non-hydrogen) atoms. The van der Waals surface area contributed by atoms with Crippen molar-refractivity contribution in [2.75, 3.05) is 35.0 Å². The average molecular weight is 376 g/mol. The summed E-state index contributed by atoms with van der Waals surface area (Å²) in [6, 6.07) is 5.66. The van der Waals surface area contributed by atoms with E-state index in [0.717, 1.165) is 5.56 Å². The number of allylic oxidation sites excluding steroid dienone is 1. The van der Waals surface area contributed by atoms with Crippen molar-refractivity contribution < 1.29 is 23.7 Å². The van der Waals surface area contributed by atoms with Crippen molar-refractivity contribution >= 4 is 0 Å². The van der Waals surface area contributed by atoms with Crippen LogP contribution in [0.15, 0.2) is 23.6 Å². The molecule has 0 aliphatic carbocycles. The van der Waals surface area contributed by atoms with E-state index >= 15 is 0 Å². The van der Waals surface area contributed by atoms with Crippen LogP contribution in [-0.4, -0.2) is 47.3 Å². The Hall–Kier alpha value is -2.67. The molecular weight excluding hydrogens is 352 g/mol. The number of hydrazine groups is 1. The predicted molar refractivity (Wildman–Crippen MR) is 96.0 cm³/mol. The molecule has 0 spiro atoms. The number of nitrogens with two attached hydrogens (primary N) is 1. The van der Waals surface area contributed by atoms with Crippen LogP contribution in [0.25, 0.3) is 0 Å². The normalized spacial score (nSPS) is 26.8. The molecule has 4 N–H and O–H groups in total. The lowest BCUT2D eigenvalue weighted by molar-refractivity contribution is 0.0275. The van der Waals surface area contributed by atoms with Gasteiger partial charge in [-0.05, 0) is 6.07 Å². The van der Waals surface area contributed by atoms with Gasteiger partial charge in [0.05, 0.1) is 39.6 Å². The number of nitriles is 1. The maximum absolute atomic E-state index is 9.78. The van der Waals surface area contributed by atoms with Crippen LogP contribution >= 0.6 is 0 Å². The minimum absolute atomic E-state index is 0.0907. The summed E-state index contributed by atoms with van der Waals surface area (Å²) in [7, 11) is 6.31. The number of hydrogen-bond acceptors (Lipinski definition) is 9. The van der Waals surface area contributed by atoms with Crippen LogP contribution in [0, 0.1) is 17.2 Å². The van der Waals surface area contributed by atoms with Gasteiger partial charge < -0.3 is 29.4 Å². The van der Waals surface area contributed by atoms with Crippen LogP contribution in [0.3, 0.4) is 0 Å². The standard InChI is InChI=1S/C18H24N4O5/c1-23-8-11-16-15(10(7-19)17(20)27-18(16)22-21-11)9-5-13(25-3)14(26-4)6-12(9)24-2/h5-6,11,15-16,18,21-22H,8,20H2,1-4H3. The highest BCUT2D eigenvalue weighted by Gasteiger charge is 2.49. The quantitative estimate of drug-likeness (QED) is 0.655. The Morgan fingerprint density at radius 2 is 1.74 bits per heavy atom. The summed E-state index contributed by atoms with van der Waals surface area (Å²) < 4.78 is 27.5. The van der Waals surface area contributed by atoms with E-state index in [2.05, 4.69) is 16.9 Å². The molecule has 2 aliphatic rings. The summed E-state index contributed by atoms with van der Waals surface area (Å²) in [5, 5.41) is 9.78. The number of fused-ring (bicyclic) bond motifs is 1. The van der Waals surface area contributed by atoms with Crippen molar-refractivity contribution in [1.82, 2.24) is 10.9 Å². The van der Waals surface area contributed by atoms with E-state index in [9.17, 15) is 5.26 Å². The smallest absolute Gasteiger partial charge is 0.200 e. The van der Waals surface area contributed by atoms with Crippen molar-refractivity contribution in [3.63, 3.8) is 0 Å². The molecular formula is C18H24N4O5. The van der Waals surface area contributed by atoms with Gasteiger partial charge in [-0.25, -0.2) is 10.9 Å². The second kappa shape index (κ2) is 7.92. The number of hydrogen-bond donors (Lipinski definition) is 3. The number of benzene rings is 1. The van der Waals surface area contributed by atoms with E-state index in [-0.39, 0.29) is 23.8 Å². The van der Waals surface area contributed by atoms with Crippen LogP contribution in [0.1, 0.15) is 11.5 Å². The lowest BCUT2D eigenvalue weighted by Crippen LogP contribution is -2.42. The van der Waals surface area contributed by atoms with E-state index in [4.69, 9.17) is 29.4 Å². The number of ether oxygens (including phenoxy) is 5. The molecule has 4 unspecified atom stereocenters. The minimum atomic E-state index is -0.412. The Bertz CT molecular complexity index is 776. The Morgan fingerprint density at radius 1 is 1.07 bits per heavy atom. The van der Waals surface area contributed by atoms with Crippen molar-refractivity contribution in [3.05, 3.63) is 29.2 Å². The third-order valence-electron chi connectivity index (χ3n) is 4.98. The molecule has 0 bridgehead atoms. The molecule has 2 aliphatic heterocycles. The number of nitrogens with zero attached hydrogens (tertiary/aromatic N) is 1. The summed E-state index contributed by atoms with van der Waals surface area (Å²) in [6.45, 7) is 0.433. The highest BCUT2D eigenvalue weighted by Crippen LogP contribution is 2.48. The minimum Gasteiger partial charge on any atom is -0.496 e. The predicted octanol–water partition coefficient (Wildman–Crippen LogP) is 0.585. The van der Waals surface area contributed by atoms with Crippen LogP contribution in [0.2, 0.25) is 0 Å². The van der Waals surface area contributed by atoms with Gasteiger partial charge in [-0.2, -0.15) is 5.26 Å². The molecule has 2 heterocycles. The van der Waals surface area contributed by atoms with Gasteiger partial charge in [-0.3, -0.25) is 0 Å². The van der Waals surface area contributed by atoms with Gasteiger partial charge in [-0.15, -0.1) is 0 Å². The lowest BCUT2D eigenvalue weighted by atomic mass is 9.75. The summed E-state index contributed by atoms with van der Waals surface area (Å²) in [6.07, 6.45) is -0.412. The molecule has 0 aromatic heterocycles. The molecule has 3 rings (SSSR count). The lowest BCUT2D eigenvalue weighted by Gasteiger charge is -2.36. The molecule has 9 heteroatoms. The van der Waals surface area contributed by atoms with Gasteiger partial charge in [0.25, 0.3) is 0 Å². The first kappa shape index (κ1) is 19.1. The maximum Gasteiger partial charge on any atom is 0.200 e. The molecule has 1 aromatic rings. The Kier molecular flexibility index (Phi) is 5.60. The summed E-state index contributed by atoms with van der Waals surface area (Å²) >= 11 is 0. The fourth-order valence-electron chi connectivity index (χ4n) is 3.77. The van der Waals surface area contributed by atoms with Crippen LogP contribution in [0.5, 0.6) is 17.2 Å². The van der Waals surface area contributed by atoms with Gasteiger partial charge in [0.2, 0.25) is 5.88 Å². The second-order valence-electron chi connectivity index (χ2n) is 6.28. The highest BCUT2D eigenvalue weighted by molar-refractivity contribution is 5.56. The zero-order valence-corrected chi connectivity index (χ0v) is 15.7. The van der Waals surface area contributed by atoms with Crippen molar-refractivity contribution in [3.8, 4) is 23.3 Å². The van der Waals surface area contributed by atoms with E-state index in [1.54, 1.807) is 34.5 Å². The molecule has 0 amide bonds. The number of rotatable bonds is 6. The van der Waals surface area contributed by atoms with Gasteiger partial charge in [-0.1, -0.05) is 0 Å². The van der Waals surface area contributed by atoms with Gasteiger partial charge >= 0.3 is 0 Å². The molecule has 1 fully saturated rings. The Labute approximate surface area is 157 Å². The summed E-state index contributed by atoms with van der Waals surface area (Å²) in [4.78, 5) is 0. The zero-order valence-electron chi connectivity index (χ0n) is 15.7. The summed E-state index contributed by atoms with van der Waals surface area (Å²) in [5.41, 5.74) is 13.4. The maximum atomic E-state index is 9.78. The molecule has 4 atom stereocenters. The summed E-state index contributed by atoms with van der Waals surface area (Å²) in [5.74, 6) is 1.20. The van der Waals surface area contributed by atoms with Gasteiger partial charge in [0, 0.05) is 30.6 Å². The zero-order chi connectivity index (χ0) is 19.6. The monoisotopic (exact) mass is 376 g/mol. The van der Waals surface area contributed by atoms with Crippen LogP contribution < -0.4 is 30.8 Å². The Morgan fingerprint density at radius 3 is 2.33 bits per heavy atom. The fraction of sp³-hybridized carbons (Fsp3) is 0.500. The van der Waals surface area contributed by atoms with Crippen LogP contribution in [0.4, 0.5) is 0 Å². The topological polar surface area (TPSA) is 120 Å². The van der Waals surface area contributed by atoms with E-state index in [1.807, 2.05) is 6.07 Å². The number of methoxy groups -OCH3 is 4. The van der Waals surface area contributed by atoms with E-state index < -0.39 is 6.23 Å². The SMILES string of the molecule is COCC1NNC2OC(N)=C(C#N)C(c3cc(OC)c(OC)cc3OC)C12. The molecule has 1 saturated heterocycles. The third kappa shape index (κ3) is 3.23. The van der Waals surface area contributed by atoms with Crippen molar-refractivity contribution in [2.24, 2.45) is 11.7 Å². The van der Waals surface area contributed by atoms with Gasteiger partial charge in [0.15, 0.2) is 17.7 Å². The van der Waals surface area contributed by atoms with Crippen molar-refractivity contribution in [1.29, 1.82) is 5.26 Å². The van der Waals surface area contributed by atoms with E-state index in [1.165, 1.54) is 0 Å². The first-order valence-electron chi connectivity index (χ1n) is 8.45. The first-order valence-corrected chi connectivity index (χ1v) is 8.45. The van der Waals surface area contributed by atoms with Crippen LogP contribution in [-0.2, 0) is 9.47 Å². The molecule has 0 radical (unpaired) electrons. The fourth-order valence-corrected chi connectivity index (χ4v) is 3.77. The largest absolute Gasteiger partial charge is 0.496 e. The first-order chi connectivity index (χ1) is 13.1. The molecule has 146 valence electrons. The average Bonchev–Trinajstić information content (AvgIpc) is 3.08. The molecule has 9 nitrogen and oxygen atoms in total. The molecule has 0 saturated carbocycles. The Balaban J connectivity index is 2.18. The van der Waals surface area contributed by atoms with Gasteiger partial charge in [0.1, 0.15) is 11.8 Å². The third-order valence-corrected chi connectivity index (χ3v) is 4.98. The second-order valence-corrected chi connectivity index (χ2v) is 6.28. The highest BCUT2D eigenvalue weighted by atomic mass is 16.5. The van der Waals surface area contributed by atoms with Crippen molar-refractivity contribution in [2.45, 2.75) is 18.2 Å². The molecule has 1 aromatic carbocycles.